The minimum atomic E-state index is 0.00926. The van der Waals surface area contributed by atoms with E-state index in [9.17, 15) is 0 Å². The van der Waals surface area contributed by atoms with Gasteiger partial charge in [0.15, 0.2) is 0 Å². The third kappa shape index (κ3) is 1.13. The van der Waals surface area contributed by atoms with E-state index < -0.39 is 0 Å². The van der Waals surface area contributed by atoms with E-state index in [2.05, 4.69) is 10.5 Å². The number of nitrogens with zero attached hydrogens (tertiary/aromatic N) is 2. The molecule has 0 aromatic rings. The summed E-state index contributed by atoms with van der Waals surface area (Å²) in [4.78, 5) is 1.89. The Morgan fingerprint density at radius 1 is 1.89 bits per heavy atom. The van der Waals surface area contributed by atoms with Crippen molar-refractivity contribution in [2.75, 3.05) is 7.05 Å². The molecule has 1 heterocycles. The fourth-order valence-corrected chi connectivity index (χ4v) is 0.681. The molecule has 0 bridgehead atoms. The quantitative estimate of drug-likeness (QED) is 0.291. The van der Waals surface area contributed by atoms with Gasteiger partial charge in [-0.05, 0) is 0 Å². The van der Waals surface area contributed by atoms with Gasteiger partial charge in [-0.2, -0.15) is 0 Å². The summed E-state index contributed by atoms with van der Waals surface area (Å²) in [5, 5.41) is 14.0. The summed E-state index contributed by atoms with van der Waals surface area (Å²) in [6.45, 7) is 0. The molecule has 4 heteroatoms. The van der Waals surface area contributed by atoms with Gasteiger partial charge in [0, 0.05) is 19.4 Å². The normalized spacial score (nSPS) is 25.4. The fourth-order valence-electron chi connectivity index (χ4n) is 0.681. The van der Waals surface area contributed by atoms with Gasteiger partial charge in [-0.3, -0.25) is 0 Å². The summed E-state index contributed by atoms with van der Waals surface area (Å²) >= 11 is 0. The van der Waals surface area contributed by atoms with Crippen LogP contribution in [0.2, 0.25) is 0 Å². The maximum absolute atomic E-state index is 8.12. The molecular weight excluding hydrogens is 118 g/mol. The van der Waals surface area contributed by atoms with Crippen LogP contribution in [-0.2, 0) is 0 Å². The van der Waals surface area contributed by atoms with Crippen molar-refractivity contribution in [1.82, 2.24) is 10.2 Å². The summed E-state index contributed by atoms with van der Waals surface area (Å²) in [6, 6.07) is 0. The number of oxime groups is 1. The molecule has 9 heavy (non-hydrogen) atoms. The lowest BCUT2D eigenvalue weighted by molar-refractivity contribution is 0.312. The maximum atomic E-state index is 8.12. The first-order valence-corrected chi connectivity index (χ1v) is 2.67. The van der Waals surface area contributed by atoms with Crippen molar-refractivity contribution in [2.24, 2.45) is 5.16 Å². The molecule has 0 aromatic heterocycles. The lowest BCUT2D eigenvalue weighted by Crippen LogP contribution is -2.33. The van der Waals surface area contributed by atoms with Crippen LogP contribution in [0, 0.1) is 0 Å². The highest BCUT2D eigenvalue weighted by Crippen LogP contribution is 1.96. The van der Waals surface area contributed by atoms with Crippen molar-refractivity contribution >= 4 is 6.21 Å². The predicted octanol–water partition coefficient (Wildman–Crippen LogP) is -0.221. The molecule has 0 spiro atoms. The van der Waals surface area contributed by atoms with Crippen LogP contribution in [0.25, 0.3) is 0 Å². The number of hydrogen-bond donors (Lipinski definition) is 2. The fraction of sp³-hybridized carbons (Fsp3) is 0.400. The Bertz CT molecular complexity index is 143. The van der Waals surface area contributed by atoms with Crippen molar-refractivity contribution in [2.45, 2.75) is 6.17 Å². The van der Waals surface area contributed by atoms with Crippen molar-refractivity contribution in [3.63, 3.8) is 0 Å². The molecule has 2 N–H and O–H groups in total. The highest BCUT2D eigenvalue weighted by molar-refractivity contribution is 5.64. The van der Waals surface area contributed by atoms with Gasteiger partial charge in [-0.1, -0.05) is 5.16 Å². The largest absolute Gasteiger partial charge is 0.411 e. The third-order valence-corrected chi connectivity index (χ3v) is 1.22. The zero-order valence-corrected chi connectivity index (χ0v) is 5.15. The number of hydrogen-bond acceptors (Lipinski definition) is 4. The van der Waals surface area contributed by atoms with Crippen LogP contribution >= 0.6 is 0 Å². The van der Waals surface area contributed by atoms with Gasteiger partial charge in [-0.15, -0.1) is 0 Å². The highest BCUT2D eigenvalue weighted by Gasteiger charge is 2.10. The second kappa shape index (κ2) is 2.39. The van der Waals surface area contributed by atoms with Gasteiger partial charge in [0.05, 0.1) is 6.21 Å². The Hall–Kier alpha value is -1.19. The Balaban J connectivity index is 2.45. The Labute approximate surface area is 53.5 Å². The number of rotatable bonds is 1. The molecule has 0 amide bonds. The van der Waals surface area contributed by atoms with Gasteiger partial charge >= 0.3 is 0 Å². The van der Waals surface area contributed by atoms with Crippen LogP contribution in [0.5, 0.6) is 0 Å². The molecule has 0 saturated heterocycles. The van der Waals surface area contributed by atoms with Gasteiger partial charge in [-0.25, -0.2) is 0 Å². The van der Waals surface area contributed by atoms with Gasteiger partial charge in [0.1, 0.15) is 6.17 Å². The molecule has 1 unspecified atom stereocenters. The van der Waals surface area contributed by atoms with Crippen molar-refractivity contribution in [3.8, 4) is 0 Å². The molecule has 4 nitrogen and oxygen atoms in total. The van der Waals surface area contributed by atoms with Crippen LogP contribution in [0.4, 0.5) is 0 Å². The molecule has 1 rings (SSSR count). The third-order valence-electron chi connectivity index (χ3n) is 1.22. The van der Waals surface area contributed by atoms with E-state index in [1.807, 2.05) is 18.1 Å². The average Bonchev–Trinajstić information content (AvgIpc) is 2.18. The van der Waals surface area contributed by atoms with Crippen LogP contribution in [0.15, 0.2) is 17.6 Å². The van der Waals surface area contributed by atoms with Crippen LogP contribution in [0.3, 0.4) is 0 Å². The molecule has 1 aliphatic heterocycles. The van der Waals surface area contributed by atoms with Crippen LogP contribution in [0.1, 0.15) is 0 Å². The second-order valence-corrected chi connectivity index (χ2v) is 1.86. The standard InChI is InChI=1S/C5H9N3O/c1-8-3-2-6-5(8)4-7-9/h2-6,9H,1H3/b7-4-. The van der Waals surface area contributed by atoms with Crippen LogP contribution < -0.4 is 5.32 Å². The van der Waals surface area contributed by atoms with Gasteiger partial charge in [0.25, 0.3) is 0 Å². The molecule has 0 aromatic carbocycles. The summed E-state index contributed by atoms with van der Waals surface area (Å²) in [5.41, 5.74) is 0. The van der Waals surface area contributed by atoms with E-state index in [4.69, 9.17) is 5.21 Å². The lowest BCUT2D eigenvalue weighted by Gasteiger charge is -2.14. The molecule has 0 radical (unpaired) electrons. The van der Waals surface area contributed by atoms with E-state index in [1.54, 1.807) is 6.20 Å². The summed E-state index contributed by atoms with van der Waals surface area (Å²) in [5.74, 6) is 0. The van der Waals surface area contributed by atoms with Crippen molar-refractivity contribution < 1.29 is 5.21 Å². The smallest absolute Gasteiger partial charge is 0.138 e. The SMILES string of the molecule is CN1C=CNC1/C=N\O. The van der Waals surface area contributed by atoms with Gasteiger partial charge < -0.3 is 15.4 Å². The molecule has 1 atom stereocenters. The first kappa shape index (κ1) is 5.94. The second-order valence-electron chi connectivity index (χ2n) is 1.86. The Kier molecular flexibility index (Phi) is 1.58. The van der Waals surface area contributed by atoms with E-state index in [1.165, 1.54) is 6.21 Å². The number of nitrogens with one attached hydrogen (secondary N) is 1. The van der Waals surface area contributed by atoms with Crippen molar-refractivity contribution in [1.29, 1.82) is 0 Å². The molecule has 0 saturated carbocycles. The van der Waals surface area contributed by atoms with Crippen molar-refractivity contribution in [3.05, 3.63) is 12.4 Å². The molecule has 0 fully saturated rings. The molecule has 0 aliphatic carbocycles. The van der Waals surface area contributed by atoms with Crippen LogP contribution in [-0.4, -0.2) is 29.5 Å². The van der Waals surface area contributed by atoms with E-state index >= 15 is 0 Å². The minimum absolute atomic E-state index is 0.00926. The first-order chi connectivity index (χ1) is 4.34. The van der Waals surface area contributed by atoms with E-state index in [-0.39, 0.29) is 6.17 Å². The van der Waals surface area contributed by atoms with E-state index in [0.717, 1.165) is 0 Å². The first-order valence-electron chi connectivity index (χ1n) is 2.67. The molecular formula is C5H9N3O. The lowest BCUT2D eigenvalue weighted by atomic mass is 10.5. The zero-order chi connectivity index (χ0) is 6.69. The molecule has 50 valence electrons. The van der Waals surface area contributed by atoms with Gasteiger partial charge in [0.2, 0.25) is 0 Å². The Morgan fingerprint density at radius 2 is 2.67 bits per heavy atom. The Morgan fingerprint density at radius 3 is 3.11 bits per heavy atom. The minimum Gasteiger partial charge on any atom is -0.411 e. The monoisotopic (exact) mass is 127 g/mol. The van der Waals surface area contributed by atoms with E-state index in [0.29, 0.717) is 0 Å². The predicted molar refractivity (Wildman–Crippen MR) is 34.1 cm³/mol. The average molecular weight is 127 g/mol. The molecule has 1 aliphatic rings. The zero-order valence-electron chi connectivity index (χ0n) is 5.15. The summed E-state index contributed by atoms with van der Waals surface area (Å²) in [7, 11) is 1.89. The highest BCUT2D eigenvalue weighted by atomic mass is 16.4. The summed E-state index contributed by atoms with van der Waals surface area (Å²) in [6.07, 6.45) is 5.09. The topological polar surface area (TPSA) is 47.9 Å². The summed E-state index contributed by atoms with van der Waals surface area (Å²) < 4.78 is 0. The maximum Gasteiger partial charge on any atom is 0.138 e.